The number of anilines is 1. The standard InChI is InChI=1S/C23H26N2O5S2/c1-18-5-9-20(10-6-18)25(21-13-16-31(27,28)17-21)23(26)19-7-11-22(12-8-19)32(29,30)24-14-3-2-4-15-24/h5-13,16,21H,2-4,14-15,17H2,1H3. The summed E-state index contributed by atoms with van der Waals surface area (Å²) in [6.45, 7) is 2.94. The first-order valence-corrected chi connectivity index (χ1v) is 13.7. The number of hydrogen-bond donors (Lipinski definition) is 0. The Bertz CT molecular complexity index is 1230. The largest absolute Gasteiger partial charge is 0.300 e. The van der Waals surface area contributed by atoms with Crippen molar-refractivity contribution in [2.75, 3.05) is 23.7 Å². The highest BCUT2D eigenvalue weighted by atomic mass is 32.2. The van der Waals surface area contributed by atoms with Crippen molar-refractivity contribution in [3.63, 3.8) is 0 Å². The fourth-order valence-corrected chi connectivity index (χ4v) is 6.83. The number of rotatable bonds is 5. The van der Waals surface area contributed by atoms with E-state index in [0.29, 0.717) is 24.3 Å². The van der Waals surface area contributed by atoms with Crippen LogP contribution in [0.4, 0.5) is 5.69 Å². The van der Waals surface area contributed by atoms with Crippen LogP contribution in [0.3, 0.4) is 0 Å². The van der Waals surface area contributed by atoms with Gasteiger partial charge in [-0.1, -0.05) is 24.1 Å². The average Bonchev–Trinajstić information content (AvgIpc) is 3.15. The smallest absolute Gasteiger partial charge is 0.258 e. The quantitative estimate of drug-likeness (QED) is 0.664. The van der Waals surface area contributed by atoms with E-state index in [1.54, 1.807) is 12.1 Å². The summed E-state index contributed by atoms with van der Waals surface area (Å²) < 4.78 is 51.3. The lowest BCUT2D eigenvalue weighted by atomic mass is 10.1. The van der Waals surface area contributed by atoms with E-state index in [1.807, 2.05) is 19.1 Å². The maximum absolute atomic E-state index is 13.4. The van der Waals surface area contributed by atoms with E-state index >= 15 is 0 Å². The molecule has 2 aromatic rings. The summed E-state index contributed by atoms with van der Waals surface area (Å²) in [4.78, 5) is 15.0. The predicted molar refractivity (Wildman–Crippen MR) is 124 cm³/mol. The van der Waals surface area contributed by atoms with E-state index in [2.05, 4.69) is 0 Å². The third-order valence-corrected chi connectivity index (χ3v) is 9.12. The highest BCUT2D eigenvalue weighted by molar-refractivity contribution is 7.94. The minimum absolute atomic E-state index is 0.154. The van der Waals surface area contributed by atoms with Crippen LogP contribution in [0.1, 0.15) is 35.2 Å². The molecule has 1 fully saturated rings. The third kappa shape index (κ3) is 4.65. The van der Waals surface area contributed by atoms with Gasteiger partial charge in [-0.25, -0.2) is 16.8 Å². The van der Waals surface area contributed by atoms with E-state index in [1.165, 1.54) is 39.5 Å². The Hall–Kier alpha value is -2.49. The molecule has 0 aromatic heterocycles. The molecule has 1 unspecified atom stereocenters. The van der Waals surface area contributed by atoms with E-state index < -0.39 is 25.9 Å². The summed E-state index contributed by atoms with van der Waals surface area (Å²) in [5.74, 6) is -0.573. The number of aryl methyl sites for hydroxylation is 1. The zero-order valence-corrected chi connectivity index (χ0v) is 19.5. The number of sulfonamides is 1. The van der Waals surface area contributed by atoms with Crippen LogP contribution in [0.5, 0.6) is 0 Å². The molecule has 2 aliphatic heterocycles. The van der Waals surface area contributed by atoms with Crippen molar-refractivity contribution in [2.45, 2.75) is 37.1 Å². The Morgan fingerprint density at radius 3 is 2.16 bits per heavy atom. The summed E-state index contributed by atoms with van der Waals surface area (Å²) in [6, 6.07) is 12.5. The summed E-state index contributed by atoms with van der Waals surface area (Å²) in [5.41, 5.74) is 1.89. The number of carbonyl (C=O) groups is 1. The first-order valence-electron chi connectivity index (χ1n) is 10.6. The minimum atomic E-state index is -3.59. The van der Waals surface area contributed by atoms with Gasteiger partial charge in [0.15, 0.2) is 9.84 Å². The van der Waals surface area contributed by atoms with E-state index in [0.717, 1.165) is 30.2 Å². The number of nitrogens with zero attached hydrogens (tertiary/aromatic N) is 2. The van der Waals surface area contributed by atoms with Crippen LogP contribution in [0, 0.1) is 6.92 Å². The molecule has 0 radical (unpaired) electrons. The van der Waals surface area contributed by atoms with Gasteiger partial charge in [0.2, 0.25) is 10.0 Å². The lowest BCUT2D eigenvalue weighted by Crippen LogP contribution is -2.41. The lowest BCUT2D eigenvalue weighted by molar-refractivity contribution is 0.0983. The molecule has 0 aliphatic carbocycles. The van der Waals surface area contributed by atoms with Gasteiger partial charge >= 0.3 is 0 Å². The Morgan fingerprint density at radius 2 is 1.59 bits per heavy atom. The molecule has 4 rings (SSSR count). The topological polar surface area (TPSA) is 91.8 Å². The Labute approximate surface area is 189 Å². The monoisotopic (exact) mass is 474 g/mol. The molecule has 0 bridgehead atoms. The van der Waals surface area contributed by atoms with Crippen LogP contribution >= 0.6 is 0 Å². The molecule has 2 heterocycles. The second-order valence-corrected chi connectivity index (χ2v) is 12.1. The van der Waals surface area contributed by atoms with Gasteiger partial charge in [-0.15, -0.1) is 0 Å². The molecular weight excluding hydrogens is 448 g/mol. The van der Waals surface area contributed by atoms with Gasteiger partial charge in [-0.3, -0.25) is 4.79 Å². The molecule has 9 heteroatoms. The van der Waals surface area contributed by atoms with E-state index in [4.69, 9.17) is 0 Å². The van der Waals surface area contributed by atoms with Gasteiger partial charge in [0.25, 0.3) is 5.91 Å². The van der Waals surface area contributed by atoms with E-state index in [-0.39, 0.29) is 16.6 Å². The maximum atomic E-state index is 13.4. The second-order valence-electron chi connectivity index (χ2n) is 8.23. The number of carbonyl (C=O) groups excluding carboxylic acids is 1. The molecule has 1 atom stereocenters. The van der Waals surface area contributed by atoms with Crippen LogP contribution in [0.2, 0.25) is 0 Å². The molecular formula is C23H26N2O5S2. The molecule has 1 saturated heterocycles. The van der Waals surface area contributed by atoms with Crippen molar-refractivity contribution in [3.8, 4) is 0 Å². The van der Waals surface area contributed by atoms with Crippen molar-refractivity contribution < 1.29 is 21.6 Å². The second kappa shape index (κ2) is 8.80. The molecule has 1 amide bonds. The fourth-order valence-electron chi connectivity index (χ4n) is 4.05. The number of amides is 1. The number of sulfone groups is 1. The van der Waals surface area contributed by atoms with Crippen molar-refractivity contribution in [3.05, 3.63) is 71.1 Å². The van der Waals surface area contributed by atoms with Gasteiger partial charge < -0.3 is 4.90 Å². The van der Waals surface area contributed by atoms with Crippen molar-refractivity contribution in [1.82, 2.24) is 4.31 Å². The first-order chi connectivity index (χ1) is 15.2. The van der Waals surface area contributed by atoms with E-state index in [9.17, 15) is 21.6 Å². The highest BCUT2D eigenvalue weighted by Gasteiger charge is 2.32. The number of benzene rings is 2. The fraction of sp³-hybridized carbons (Fsp3) is 0.348. The third-order valence-electron chi connectivity index (χ3n) is 5.83. The van der Waals surface area contributed by atoms with Crippen LogP contribution in [0.15, 0.2) is 64.9 Å². The van der Waals surface area contributed by atoms with Gasteiger partial charge in [0.05, 0.1) is 16.7 Å². The summed E-state index contributed by atoms with van der Waals surface area (Å²) in [7, 11) is -6.96. The molecule has 170 valence electrons. The van der Waals surface area contributed by atoms with Gasteiger partial charge in [0, 0.05) is 29.7 Å². The minimum Gasteiger partial charge on any atom is -0.300 e. The molecule has 0 spiro atoms. The maximum Gasteiger partial charge on any atom is 0.258 e. The molecule has 0 saturated carbocycles. The van der Waals surface area contributed by atoms with Crippen molar-refractivity contribution in [1.29, 1.82) is 0 Å². The summed E-state index contributed by atoms with van der Waals surface area (Å²) in [6.07, 6.45) is 4.24. The van der Waals surface area contributed by atoms with Gasteiger partial charge in [-0.2, -0.15) is 4.31 Å². The molecule has 2 aliphatic rings. The first kappa shape index (κ1) is 22.7. The van der Waals surface area contributed by atoms with Crippen LogP contribution in [0.25, 0.3) is 0 Å². The zero-order chi connectivity index (χ0) is 22.9. The Balaban J connectivity index is 1.64. The zero-order valence-electron chi connectivity index (χ0n) is 17.8. The van der Waals surface area contributed by atoms with Crippen LogP contribution in [-0.4, -0.2) is 51.9 Å². The number of piperidine rings is 1. The van der Waals surface area contributed by atoms with Crippen LogP contribution < -0.4 is 4.90 Å². The molecule has 0 N–H and O–H groups in total. The molecule has 32 heavy (non-hydrogen) atoms. The highest BCUT2D eigenvalue weighted by Crippen LogP contribution is 2.27. The Morgan fingerprint density at radius 1 is 0.969 bits per heavy atom. The molecule has 2 aromatic carbocycles. The number of hydrogen-bond acceptors (Lipinski definition) is 5. The average molecular weight is 475 g/mol. The van der Waals surface area contributed by atoms with Gasteiger partial charge in [0.1, 0.15) is 0 Å². The van der Waals surface area contributed by atoms with Crippen molar-refractivity contribution >= 4 is 31.5 Å². The van der Waals surface area contributed by atoms with Gasteiger partial charge in [-0.05, 0) is 62.2 Å². The summed E-state index contributed by atoms with van der Waals surface area (Å²) in [5, 5.41) is 1.14. The Kier molecular flexibility index (Phi) is 6.24. The lowest BCUT2D eigenvalue weighted by Gasteiger charge is -2.28. The van der Waals surface area contributed by atoms with Crippen LogP contribution in [-0.2, 0) is 19.9 Å². The summed E-state index contributed by atoms with van der Waals surface area (Å²) >= 11 is 0. The normalized spacial score (nSPS) is 20.8. The molecule has 7 nitrogen and oxygen atoms in total. The SMILES string of the molecule is Cc1ccc(N(C(=O)c2ccc(S(=O)(=O)N3CCCCC3)cc2)C2C=CS(=O)(=O)C2)cc1. The predicted octanol–water partition coefficient (Wildman–Crippen LogP) is 3.13. The van der Waals surface area contributed by atoms with Crippen molar-refractivity contribution in [2.24, 2.45) is 0 Å².